The van der Waals surface area contributed by atoms with E-state index in [9.17, 15) is 9.59 Å². The molecule has 0 bridgehead atoms. The van der Waals surface area contributed by atoms with Crippen LogP contribution in [0, 0.1) is 0 Å². The molecular formula is C19H26N6O3. The van der Waals surface area contributed by atoms with E-state index in [-0.39, 0.29) is 17.9 Å². The van der Waals surface area contributed by atoms with Gasteiger partial charge >= 0.3 is 0 Å². The van der Waals surface area contributed by atoms with E-state index in [0.717, 1.165) is 12.8 Å². The predicted octanol–water partition coefficient (Wildman–Crippen LogP) is 1.47. The molecule has 0 aromatic carbocycles. The van der Waals surface area contributed by atoms with Gasteiger partial charge in [-0.1, -0.05) is 5.21 Å². The molecule has 1 fully saturated rings. The quantitative estimate of drug-likeness (QED) is 0.746. The van der Waals surface area contributed by atoms with Gasteiger partial charge < -0.3 is 14.5 Å². The van der Waals surface area contributed by atoms with Crippen molar-refractivity contribution in [1.82, 2.24) is 29.8 Å². The summed E-state index contributed by atoms with van der Waals surface area (Å²) < 4.78 is 7.08. The highest BCUT2D eigenvalue weighted by Gasteiger charge is 2.31. The van der Waals surface area contributed by atoms with Crippen LogP contribution in [0.5, 0.6) is 5.88 Å². The number of aromatic nitrogens is 4. The van der Waals surface area contributed by atoms with Crippen LogP contribution in [0.1, 0.15) is 47.5 Å². The monoisotopic (exact) mass is 386 g/mol. The number of hydrogen-bond donors (Lipinski definition) is 0. The van der Waals surface area contributed by atoms with Gasteiger partial charge in [0.1, 0.15) is 11.3 Å². The van der Waals surface area contributed by atoms with Crippen molar-refractivity contribution in [3.63, 3.8) is 0 Å². The first-order valence-electron chi connectivity index (χ1n) is 9.59. The second-order valence-corrected chi connectivity index (χ2v) is 6.69. The standard InChI is InChI=1S/C19H26N6O3/c1-4-25-16(12-21-22-25)19(27)24-11-7-8-14(13-24)23(3)18(26)15-9-6-10-20-17(15)28-5-2/h6,9-10,12,14H,4-5,7-8,11,13H2,1-3H3. The van der Waals surface area contributed by atoms with Crippen LogP contribution in [0.2, 0.25) is 0 Å². The third-order valence-electron chi connectivity index (χ3n) is 4.97. The summed E-state index contributed by atoms with van der Waals surface area (Å²) >= 11 is 0. The Hall–Kier alpha value is -2.97. The van der Waals surface area contributed by atoms with Crippen molar-refractivity contribution in [3.05, 3.63) is 35.8 Å². The minimum Gasteiger partial charge on any atom is -0.477 e. The largest absolute Gasteiger partial charge is 0.477 e. The molecule has 1 saturated heterocycles. The van der Waals surface area contributed by atoms with Crippen molar-refractivity contribution in [1.29, 1.82) is 0 Å². The molecule has 1 aliphatic heterocycles. The molecule has 1 aliphatic rings. The van der Waals surface area contributed by atoms with Gasteiger partial charge in [-0.25, -0.2) is 9.67 Å². The Labute approximate surface area is 164 Å². The van der Waals surface area contributed by atoms with E-state index in [2.05, 4.69) is 15.3 Å². The van der Waals surface area contributed by atoms with Crippen LogP contribution in [0.15, 0.2) is 24.5 Å². The van der Waals surface area contributed by atoms with E-state index in [1.54, 1.807) is 39.9 Å². The average molecular weight is 386 g/mol. The fraction of sp³-hybridized carbons (Fsp3) is 0.526. The average Bonchev–Trinajstić information content (AvgIpc) is 3.22. The van der Waals surface area contributed by atoms with E-state index in [1.807, 2.05) is 13.8 Å². The molecule has 0 N–H and O–H groups in total. The zero-order valence-corrected chi connectivity index (χ0v) is 16.5. The van der Waals surface area contributed by atoms with Crippen LogP contribution in [0.3, 0.4) is 0 Å². The van der Waals surface area contributed by atoms with Gasteiger partial charge in [0.2, 0.25) is 5.88 Å². The summed E-state index contributed by atoms with van der Waals surface area (Å²) in [4.78, 5) is 33.5. The molecule has 2 aromatic heterocycles. The number of pyridine rings is 1. The fourth-order valence-corrected chi connectivity index (χ4v) is 3.44. The molecule has 1 unspecified atom stereocenters. The highest BCUT2D eigenvalue weighted by atomic mass is 16.5. The van der Waals surface area contributed by atoms with Crippen LogP contribution in [0.25, 0.3) is 0 Å². The molecule has 9 nitrogen and oxygen atoms in total. The van der Waals surface area contributed by atoms with E-state index in [0.29, 0.717) is 43.4 Å². The zero-order chi connectivity index (χ0) is 20.1. The van der Waals surface area contributed by atoms with Crippen molar-refractivity contribution in [2.24, 2.45) is 0 Å². The molecule has 28 heavy (non-hydrogen) atoms. The van der Waals surface area contributed by atoms with Crippen molar-refractivity contribution in [2.75, 3.05) is 26.7 Å². The summed E-state index contributed by atoms with van der Waals surface area (Å²) in [6, 6.07) is 3.36. The first-order valence-corrected chi connectivity index (χ1v) is 9.59. The molecule has 3 rings (SSSR count). The Morgan fingerprint density at radius 3 is 2.93 bits per heavy atom. The van der Waals surface area contributed by atoms with Crippen molar-refractivity contribution >= 4 is 11.8 Å². The van der Waals surface area contributed by atoms with Gasteiger partial charge in [-0.05, 0) is 38.8 Å². The van der Waals surface area contributed by atoms with Gasteiger partial charge in [0, 0.05) is 38.9 Å². The van der Waals surface area contributed by atoms with Crippen LogP contribution in [0.4, 0.5) is 0 Å². The third-order valence-corrected chi connectivity index (χ3v) is 4.97. The highest BCUT2D eigenvalue weighted by molar-refractivity contribution is 5.96. The number of carbonyl (C=O) groups is 2. The lowest BCUT2D eigenvalue weighted by Crippen LogP contribution is -2.50. The Kier molecular flexibility index (Phi) is 6.23. The van der Waals surface area contributed by atoms with Gasteiger partial charge in [-0.2, -0.15) is 0 Å². The van der Waals surface area contributed by atoms with Crippen molar-refractivity contribution < 1.29 is 14.3 Å². The third kappa shape index (κ3) is 3.97. The number of piperidine rings is 1. The molecular weight excluding hydrogens is 360 g/mol. The number of likely N-dealkylation sites (tertiary alicyclic amines) is 1. The molecule has 0 saturated carbocycles. The minimum absolute atomic E-state index is 0.0779. The Bertz CT molecular complexity index is 837. The van der Waals surface area contributed by atoms with Crippen LogP contribution in [-0.4, -0.2) is 74.4 Å². The molecule has 1 atom stereocenters. The number of rotatable bonds is 6. The number of likely N-dealkylation sites (N-methyl/N-ethyl adjacent to an activating group) is 1. The number of aryl methyl sites for hydroxylation is 1. The van der Waals surface area contributed by atoms with Crippen LogP contribution in [-0.2, 0) is 6.54 Å². The maximum atomic E-state index is 13.0. The highest BCUT2D eigenvalue weighted by Crippen LogP contribution is 2.22. The second kappa shape index (κ2) is 8.81. The normalized spacial score (nSPS) is 16.7. The molecule has 2 aromatic rings. The first-order chi connectivity index (χ1) is 13.6. The molecule has 9 heteroatoms. The molecule has 0 spiro atoms. The zero-order valence-electron chi connectivity index (χ0n) is 16.5. The number of carbonyl (C=O) groups excluding carboxylic acids is 2. The number of amides is 2. The smallest absolute Gasteiger partial charge is 0.273 e. The Balaban J connectivity index is 1.73. The van der Waals surface area contributed by atoms with E-state index < -0.39 is 0 Å². The first kappa shape index (κ1) is 19.8. The van der Waals surface area contributed by atoms with Crippen molar-refractivity contribution in [2.45, 2.75) is 39.3 Å². The van der Waals surface area contributed by atoms with E-state index >= 15 is 0 Å². The molecule has 2 amide bonds. The lowest BCUT2D eigenvalue weighted by atomic mass is 10.0. The molecule has 0 radical (unpaired) electrons. The lowest BCUT2D eigenvalue weighted by molar-refractivity contribution is 0.0511. The van der Waals surface area contributed by atoms with Crippen molar-refractivity contribution in [3.8, 4) is 5.88 Å². The van der Waals surface area contributed by atoms with Gasteiger partial charge in [0.05, 0.1) is 12.8 Å². The summed E-state index contributed by atoms with van der Waals surface area (Å²) in [6.45, 7) is 5.92. The Morgan fingerprint density at radius 2 is 2.18 bits per heavy atom. The minimum atomic E-state index is -0.156. The summed E-state index contributed by atoms with van der Waals surface area (Å²) in [7, 11) is 1.77. The predicted molar refractivity (Wildman–Crippen MR) is 102 cm³/mol. The van der Waals surface area contributed by atoms with E-state index in [4.69, 9.17) is 4.74 Å². The van der Waals surface area contributed by atoms with Gasteiger partial charge in [0.25, 0.3) is 11.8 Å². The summed E-state index contributed by atoms with van der Waals surface area (Å²) in [5.41, 5.74) is 0.909. The Morgan fingerprint density at radius 1 is 1.36 bits per heavy atom. The number of hydrogen-bond acceptors (Lipinski definition) is 6. The molecule has 150 valence electrons. The SMILES string of the molecule is CCOc1ncccc1C(=O)N(C)C1CCCN(C(=O)c2cnnn2CC)C1. The van der Waals surface area contributed by atoms with Crippen LogP contribution >= 0.6 is 0 Å². The van der Waals surface area contributed by atoms with Gasteiger partial charge in [-0.15, -0.1) is 5.10 Å². The molecule has 0 aliphatic carbocycles. The van der Waals surface area contributed by atoms with Gasteiger partial charge in [0.15, 0.2) is 0 Å². The molecule has 3 heterocycles. The number of ether oxygens (including phenoxy) is 1. The topological polar surface area (TPSA) is 93.4 Å². The van der Waals surface area contributed by atoms with E-state index in [1.165, 1.54) is 6.20 Å². The van der Waals surface area contributed by atoms with Crippen LogP contribution < -0.4 is 4.74 Å². The van der Waals surface area contributed by atoms with Gasteiger partial charge in [-0.3, -0.25) is 9.59 Å². The maximum absolute atomic E-state index is 13.0. The lowest BCUT2D eigenvalue weighted by Gasteiger charge is -2.37. The summed E-state index contributed by atoms with van der Waals surface area (Å²) in [6.07, 6.45) is 4.76. The summed E-state index contributed by atoms with van der Waals surface area (Å²) in [5, 5.41) is 7.77. The number of nitrogens with zero attached hydrogens (tertiary/aromatic N) is 6. The maximum Gasteiger partial charge on any atom is 0.273 e. The second-order valence-electron chi connectivity index (χ2n) is 6.69. The summed E-state index contributed by atoms with van der Waals surface area (Å²) in [5.74, 6) is 0.0772. The fourth-order valence-electron chi connectivity index (χ4n) is 3.44.